The molecular weight excluding hydrogens is 1380 g/mol. The van der Waals surface area contributed by atoms with Gasteiger partial charge in [-0.2, -0.15) is 0 Å². The third kappa shape index (κ3) is 76.9. The number of hydrogen-bond donors (Lipinski definition) is 3. The zero-order valence-corrected chi connectivity index (χ0v) is 67.8. The molecule has 3 N–H and O–H groups in total. The molecule has 0 aromatic carbocycles. The average molecular weight is 1520 g/mol. The van der Waals surface area contributed by atoms with E-state index in [0.29, 0.717) is 25.7 Å². The van der Waals surface area contributed by atoms with Gasteiger partial charge in [0.15, 0.2) is 12.2 Å². The summed E-state index contributed by atoms with van der Waals surface area (Å²) in [6.07, 6.45) is 91.1. The second-order valence-corrected chi connectivity index (χ2v) is 29.5. The van der Waals surface area contributed by atoms with E-state index in [1.165, 1.54) is 38.5 Å². The maximum absolute atomic E-state index is 13.1. The molecule has 0 aromatic rings. The molecule has 0 aliphatic rings. The maximum Gasteiger partial charge on any atom is 0.472 e. The van der Waals surface area contributed by atoms with E-state index in [2.05, 4.69) is 161 Å². The first-order valence-electron chi connectivity index (χ1n) is 40.7. The van der Waals surface area contributed by atoms with Crippen LogP contribution in [0.1, 0.15) is 310 Å². The molecule has 0 aromatic heterocycles. The summed E-state index contributed by atoms with van der Waals surface area (Å²) >= 11 is 0. The van der Waals surface area contributed by atoms with E-state index in [0.717, 1.165) is 193 Å². The molecule has 17 nitrogen and oxygen atoms in total. The number of aliphatic hydroxyl groups is 1. The predicted molar refractivity (Wildman–Crippen MR) is 436 cm³/mol. The van der Waals surface area contributed by atoms with Gasteiger partial charge < -0.3 is 33.8 Å². The predicted octanol–water partition coefficient (Wildman–Crippen LogP) is 24.0. The summed E-state index contributed by atoms with van der Waals surface area (Å²) in [5.41, 5.74) is 0. The number of rotatable bonds is 75. The molecule has 0 heterocycles. The summed E-state index contributed by atoms with van der Waals surface area (Å²) < 4.78 is 68.5. The van der Waals surface area contributed by atoms with Crippen LogP contribution in [0.4, 0.5) is 0 Å². The third-order valence-corrected chi connectivity index (χ3v) is 18.4. The number of unbranched alkanes of at least 4 members (excludes halogenated alkanes) is 24. The van der Waals surface area contributed by atoms with E-state index in [1.54, 1.807) is 12.2 Å². The van der Waals surface area contributed by atoms with Gasteiger partial charge in [0.2, 0.25) is 0 Å². The number of carbonyl (C=O) groups is 4. The molecule has 0 spiro atoms. The largest absolute Gasteiger partial charge is 0.472 e. The van der Waals surface area contributed by atoms with Crippen LogP contribution in [-0.2, 0) is 65.4 Å². The van der Waals surface area contributed by atoms with Crippen LogP contribution < -0.4 is 0 Å². The summed E-state index contributed by atoms with van der Waals surface area (Å²) in [5, 5.41) is 10.6. The number of ether oxygens (including phenoxy) is 4. The molecule has 5 atom stereocenters. The van der Waals surface area contributed by atoms with Gasteiger partial charge in [-0.15, -0.1) is 0 Å². The summed E-state index contributed by atoms with van der Waals surface area (Å²) in [4.78, 5) is 73.0. The fourth-order valence-corrected chi connectivity index (χ4v) is 11.9. The number of esters is 4. The van der Waals surface area contributed by atoms with E-state index < -0.39 is 97.5 Å². The van der Waals surface area contributed by atoms with Crippen molar-refractivity contribution in [2.45, 2.75) is 329 Å². The molecule has 0 fully saturated rings. The van der Waals surface area contributed by atoms with Crippen molar-refractivity contribution in [1.29, 1.82) is 0 Å². The smallest absolute Gasteiger partial charge is 0.462 e. The number of carbonyl (C=O) groups excluding carboxylic acids is 4. The molecule has 5 unspecified atom stereocenters. The summed E-state index contributed by atoms with van der Waals surface area (Å²) in [7, 11) is -10.0. The highest BCUT2D eigenvalue weighted by Crippen LogP contribution is 2.45. The van der Waals surface area contributed by atoms with E-state index in [-0.39, 0.29) is 25.7 Å². The maximum atomic E-state index is 13.1. The summed E-state index contributed by atoms with van der Waals surface area (Å²) in [6, 6.07) is 0. The third-order valence-electron chi connectivity index (χ3n) is 16.5. The molecule has 0 rings (SSSR count). The van der Waals surface area contributed by atoms with Gasteiger partial charge >= 0.3 is 39.5 Å². The molecule has 0 saturated heterocycles. The quantitative estimate of drug-likeness (QED) is 0.0169. The zero-order valence-electron chi connectivity index (χ0n) is 66.1. The van der Waals surface area contributed by atoms with Gasteiger partial charge in [-0.05, 0) is 154 Å². The Labute approximate surface area is 642 Å². The van der Waals surface area contributed by atoms with Gasteiger partial charge in [-0.25, -0.2) is 9.13 Å². The second kappa shape index (κ2) is 77.8. The second-order valence-electron chi connectivity index (χ2n) is 26.6. The number of phosphoric acid groups is 2. The number of phosphoric ester groups is 2. The van der Waals surface area contributed by atoms with Gasteiger partial charge in [-0.1, -0.05) is 288 Å². The molecule has 0 saturated carbocycles. The Hall–Kier alpha value is -5.32. The van der Waals surface area contributed by atoms with Gasteiger partial charge in [0.1, 0.15) is 19.3 Å². The van der Waals surface area contributed by atoms with Crippen LogP contribution >= 0.6 is 15.6 Å². The Balaban J connectivity index is 5.44. The number of allylic oxidation sites excluding steroid dienone is 25. The molecule has 0 radical (unpaired) electrons. The normalized spacial score (nSPS) is 14.7. The van der Waals surface area contributed by atoms with Crippen LogP contribution in [0.25, 0.3) is 0 Å². The van der Waals surface area contributed by atoms with Crippen LogP contribution in [0.2, 0.25) is 0 Å². The van der Waals surface area contributed by atoms with Crippen molar-refractivity contribution in [2.24, 2.45) is 0 Å². The van der Waals surface area contributed by atoms with Crippen LogP contribution in [-0.4, -0.2) is 96.7 Å². The number of hydrogen-bond acceptors (Lipinski definition) is 15. The standard InChI is InChI=1S/C87H144O17P2/c1-5-9-13-17-21-25-29-33-36-38-40-42-45-48-51-55-59-63-67-71-84(89)97-77-82(103-86(91)73-69-65-61-57-53-47-32-28-24-20-16-12-8-4)79-101-105(93,94)99-75-81(88)76-100-106(95,96)102-80-83(104-87(92)74-70-66-62-58-54-50-44-35-31-27-23-19-15-11-7-3)78-98-85(90)72-68-64-60-56-52-49-46-43-41-39-37-34-30-26-22-18-14-10-6-2/h11,15-16,20-23,25-28,32-37,40-44,54,58,66,70,81-83,88H,5-10,12-14,17-19,24,29-31,38-39,45-53,55-57,59-65,67-69,71-80H2,1-4H3,(H,93,94)(H,95,96)/b15-11-,20-16-,25-21-,26-22-,27-23-,32-28-,36-33-,37-34-,42-40-,43-41-,44-35-,58-54-,70-66-. The van der Waals surface area contributed by atoms with E-state index in [4.69, 9.17) is 37.0 Å². The fraction of sp³-hybridized carbons (Fsp3) is 0.655. The van der Waals surface area contributed by atoms with E-state index in [9.17, 15) is 43.2 Å². The summed E-state index contributed by atoms with van der Waals surface area (Å²) in [5.74, 6) is -2.37. The highest BCUT2D eigenvalue weighted by molar-refractivity contribution is 7.47. The Morgan fingerprint density at radius 1 is 0.283 bits per heavy atom. The van der Waals surface area contributed by atoms with Crippen molar-refractivity contribution in [3.63, 3.8) is 0 Å². The van der Waals surface area contributed by atoms with Gasteiger partial charge in [0, 0.05) is 19.3 Å². The Bertz CT molecular complexity index is 2630. The SMILES string of the molecule is CC/C=C\C/C=C\C/C=C\C/C=C\C/C=C\CC(=O)OC(COC(=O)CCCCCCCC/C=C\C/C=C\C/C=C\CCCCC)COP(=O)(O)OCC(O)COP(=O)(O)OCC(COC(=O)CCCCCCCC/C=C\C/C=C\C/C=C\CCCCC)OC(=O)CCCCCCC/C=C\C/C=C\CCC. The molecular formula is C87H144O17P2. The van der Waals surface area contributed by atoms with Crippen molar-refractivity contribution < 1.29 is 80.2 Å². The topological polar surface area (TPSA) is 237 Å². The minimum Gasteiger partial charge on any atom is -0.462 e. The Morgan fingerprint density at radius 3 is 0.877 bits per heavy atom. The number of aliphatic hydroxyl groups excluding tert-OH is 1. The van der Waals surface area contributed by atoms with Crippen molar-refractivity contribution in [1.82, 2.24) is 0 Å². The van der Waals surface area contributed by atoms with Crippen molar-refractivity contribution in [3.05, 3.63) is 158 Å². The molecule has 0 aliphatic heterocycles. The van der Waals surface area contributed by atoms with E-state index in [1.807, 2.05) is 12.2 Å². The van der Waals surface area contributed by atoms with Gasteiger partial charge in [0.05, 0.1) is 32.8 Å². The minimum absolute atomic E-state index is 0.0684. The van der Waals surface area contributed by atoms with Crippen molar-refractivity contribution in [3.8, 4) is 0 Å². The first-order valence-corrected chi connectivity index (χ1v) is 43.7. The Morgan fingerprint density at radius 2 is 0.547 bits per heavy atom. The first-order chi connectivity index (χ1) is 51.7. The lowest BCUT2D eigenvalue weighted by atomic mass is 10.1. The van der Waals surface area contributed by atoms with Crippen LogP contribution in [0.5, 0.6) is 0 Å². The lowest BCUT2D eigenvalue weighted by Gasteiger charge is -2.21. The molecule has 19 heteroatoms. The zero-order chi connectivity index (χ0) is 77.4. The fourth-order valence-electron chi connectivity index (χ4n) is 10.3. The van der Waals surface area contributed by atoms with Gasteiger partial charge in [-0.3, -0.25) is 37.3 Å². The monoisotopic (exact) mass is 1520 g/mol. The summed E-state index contributed by atoms with van der Waals surface area (Å²) in [6.45, 7) is 4.48. The minimum atomic E-state index is -5.01. The first kappa shape index (κ1) is 101. The molecule has 0 amide bonds. The van der Waals surface area contributed by atoms with Crippen molar-refractivity contribution in [2.75, 3.05) is 39.6 Å². The lowest BCUT2D eigenvalue weighted by Crippen LogP contribution is -2.30. The highest BCUT2D eigenvalue weighted by Gasteiger charge is 2.30. The molecule has 0 aliphatic carbocycles. The average Bonchev–Trinajstić information content (AvgIpc) is 0.903. The van der Waals surface area contributed by atoms with E-state index >= 15 is 0 Å². The van der Waals surface area contributed by atoms with Crippen LogP contribution in [0, 0.1) is 0 Å². The molecule has 106 heavy (non-hydrogen) atoms. The Kier molecular flexibility index (Phi) is 73.9. The van der Waals surface area contributed by atoms with Crippen LogP contribution in [0.3, 0.4) is 0 Å². The molecule has 604 valence electrons. The van der Waals surface area contributed by atoms with Gasteiger partial charge in [0.25, 0.3) is 0 Å². The highest BCUT2D eigenvalue weighted by atomic mass is 31.2. The van der Waals surface area contributed by atoms with Crippen molar-refractivity contribution >= 4 is 39.5 Å². The lowest BCUT2D eigenvalue weighted by molar-refractivity contribution is -0.161. The molecule has 0 bridgehead atoms. The van der Waals surface area contributed by atoms with Crippen LogP contribution in [0.15, 0.2) is 158 Å².